The van der Waals surface area contributed by atoms with E-state index in [-0.39, 0.29) is 32.3 Å². The third kappa shape index (κ3) is 39.9. The molecule has 0 saturated heterocycles. The van der Waals surface area contributed by atoms with Crippen LogP contribution in [0.4, 0.5) is 0 Å². The predicted molar refractivity (Wildman–Crippen MR) is 220 cm³/mol. The highest BCUT2D eigenvalue weighted by Gasteiger charge is 2.25. The second kappa shape index (κ2) is 40.9. The summed E-state index contributed by atoms with van der Waals surface area (Å²) in [5, 5.41) is 0. The van der Waals surface area contributed by atoms with Gasteiger partial charge in [-0.1, -0.05) is 179 Å². The van der Waals surface area contributed by atoms with E-state index in [2.05, 4.69) is 50.3 Å². The van der Waals surface area contributed by atoms with Gasteiger partial charge in [0.15, 0.2) is 0 Å². The van der Waals surface area contributed by atoms with Crippen LogP contribution in [0.3, 0.4) is 0 Å². The van der Waals surface area contributed by atoms with Gasteiger partial charge in [0.05, 0.1) is 19.8 Å². The number of hydrogen-bond acceptors (Lipinski definition) is 7. The van der Waals surface area contributed by atoms with Gasteiger partial charge in [0.2, 0.25) is 0 Å². The fourth-order valence-corrected chi connectivity index (χ4v) is 6.72. The Morgan fingerprint density at radius 2 is 1.08 bits per heavy atom. The molecular formula is C43H82NO7P. The Balaban J connectivity index is 4.03. The molecule has 0 aromatic carbocycles. The first-order valence-corrected chi connectivity index (χ1v) is 23.0. The molecule has 2 atom stereocenters. The van der Waals surface area contributed by atoms with Gasteiger partial charge in [0.25, 0.3) is 0 Å². The molecule has 0 radical (unpaired) electrons. The lowest BCUT2D eigenvalue weighted by Crippen LogP contribution is -2.28. The van der Waals surface area contributed by atoms with Crippen molar-refractivity contribution in [3.63, 3.8) is 0 Å². The van der Waals surface area contributed by atoms with E-state index in [1.54, 1.807) is 0 Å². The molecule has 52 heavy (non-hydrogen) atoms. The number of carbonyl (C=O) groups excluding carboxylic acids is 1. The van der Waals surface area contributed by atoms with Crippen LogP contribution in [-0.4, -0.2) is 49.9 Å². The first kappa shape index (κ1) is 50.7. The second-order valence-electron chi connectivity index (χ2n) is 14.2. The summed E-state index contributed by atoms with van der Waals surface area (Å²) in [5.74, 6) is -0.339. The van der Waals surface area contributed by atoms with Gasteiger partial charge in [0.1, 0.15) is 6.10 Å². The van der Waals surface area contributed by atoms with Crippen LogP contribution in [0.2, 0.25) is 0 Å². The van der Waals surface area contributed by atoms with Crippen molar-refractivity contribution >= 4 is 13.8 Å². The number of nitrogens with two attached hydrogens (primary N) is 1. The molecule has 8 nitrogen and oxygen atoms in total. The summed E-state index contributed by atoms with van der Waals surface area (Å²) in [6, 6.07) is 0. The molecule has 0 aromatic heterocycles. The van der Waals surface area contributed by atoms with Gasteiger partial charge in [-0.05, 0) is 44.9 Å². The zero-order chi connectivity index (χ0) is 38.1. The molecule has 0 aromatic rings. The van der Waals surface area contributed by atoms with E-state index in [1.807, 2.05) is 0 Å². The Labute approximate surface area is 320 Å². The predicted octanol–water partition coefficient (Wildman–Crippen LogP) is 12.6. The van der Waals surface area contributed by atoms with Crippen LogP contribution in [0, 0.1) is 0 Å². The van der Waals surface area contributed by atoms with Gasteiger partial charge in [-0.25, -0.2) is 4.57 Å². The first-order valence-electron chi connectivity index (χ1n) is 21.5. The van der Waals surface area contributed by atoms with Gasteiger partial charge < -0.3 is 20.1 Å². The first-order chi connectivity index (χ1) is 25.4. The van der Waals surface area contributed by atoms with Crippen molar-refractivity contribution in [3.8, 4) is 0 Å². The van der Waals surface area contributed by atoms with Gasteiger partial charge >= 0.3 is 13.8 Å². The Morgan fingerprint density at radius 1 is 0.596 bits per heavy atom. The number of allylic oxidation sites excluding steroid dienone is 6. The summed E-state index contributed by atoms with van der Waals surface area (Å²) in [6.07, 6.45) is 45.8. The van der Waals surface area contributed by atoms with E-state index < -0.39 is 13.9 Å². The van der Waals surface area contributed by atoms with Crippen LogP contribution >= 0.6 is 7.82 Å². The second-order valence-corrected chi connectivity index (χ2v) is 15.6. The SMILES string of the molecule is CC/C=C\C/C=C\C/C=C\CCCCCCCCCC(=O)OC(COCCCCCCCCCCCCCCCCCC)COP(=O)(O)OCCN. The molecule has 9 heteroatoms. The summed E-state index contributed by atoms with van der Waals surface area (Å²) in [4.78, 5) is 22.5. The van der Waals surface area contributed by atoms with Crippen LogP contribution in [0.25, 0.3) is 0 Å². The molecule has 0 aliphatic rings. The number of phosphoric ester groups is 1. The van der Waals surface area contributed by atoms with Crippen molar-refractivity contribution in [3.05, 3.63) is 36.5 Å². The molecule has 0 amide bonds. The molecular weight excluding hydrogens is 673 g/mol. The summed E-state index contributed by atoms with van der Waals surface area (Å²) in [7, 11) is -4.28. The normalized spacial score (nSPS) is 13.8. The zero-order valence-corrected chi connectivity index (χ0v) is 34.7. The smallest absolute Gasteiger partial charge is 0.457 e. The van der Waals surface area contributed by atoms with Gasteiger partial charge in [-0.15, -0.1) is 0 Å². The molecule has 0 fully saturated rings. The van der Waals surface area contributed by atoms with Crippen LogP contribution in [0.15, 0.2) is 36.5 Å². The highest BCUT2D eigenvalue weighted by Crippen LogP contribution is 2.43. The topological polar surface area (TPSA) is 117 Å². The van der Waals surface area contributed by atoms with Crippen LogP contribution in [0.5, 0.6) is 0 Å². The van der Waals surface area contributed by atoms with E-state index in [1.165, 1.54) is 116 Å². The lowest BCUT2D eigenvalue weighted by molar-refractivity contribution is -0.154. The Morgan fingerprint density at radius 3 is 1.62 bits per heavy atom. The van der Waals surface area contributed by atoms with Crippen molar-refractivity contribution in [1.29, 1.82) is 0 Å². The van der Waals surface area contributed by atoms with Crippen LogP contribution < -0.4 is 5.73 Å². The molecule has 0 saturated carbocycles. The number of hydrogen-bond donors (Lipinski definition) is 2. The van der Waals surface area contributed by atoms with Crippen molar-refractivity contribution in [2.75, 3.05) is 33.0 Å². The van der Waals surface area contributed by atoms with E-state index in [9.17, 15) is 14.3 Å². The van der Waals surface area contributed by atoms with Crippen molar-refractivity contribution < 1.29 is 32.8 Å². The average molecular weight is 756 g/mol. The van der Waals surface area contributed by atoms with Crippen LogP contribution in [0.1, 0.15) is 194 Å². The number of phosphoric acid groups is 1. The monoisotopic (exact) mass is 756 g/mol. The van der Waals surface area contributed by atoms with E-state index in [0.717, 1.165) is 57.8 Å². The van der Waals surface area contributed by atoms with Gasteiger partial charge in [0, 0.05) is 19.6 Å². The minimum Gasteiger partial charge on any atom is -0.457 e. The van der Waals surface area contributed by atoms with Crippen molar-refractivity contribution in [2.45, 2.75) is 200 Å². The maximum absolute atomic E-state index is 12.6. The quantitative estimate of drug-likeness (QED) is 0.0274. The highest BCUT2D eigenvalue weighted by atomic mass is 31.2. The molecule has 0 rings (SSSR count). The largest absolute Gasteiger partial charge is 0.472 e. The molecule has 0 aliphatic carbocycles. The lowest BCUT2D eigenvalue weighted by Gasteiger charge is -2.20. The maximum atomic E-state index is 12.6. The Bertz CT molecular complexity index is 895. The summed E-state index contributed by atoms with van der Waals surface area (Å²) in [5.41, 5.74) is 5.37. The maximum Gasteiger partial charge on any atom is 0.472 e. The fraction of sp³-hybridized carbons (Fsp3) is 0.837. The number of unbranched alkanes of at least 4 members (excludes halogenated alkanes) is 22. The third-order valence-corrected chi connectivity index (χ3v) is 10.1. The van der Waals surface area contributed by atoms with Gasteiger partial charge in [-0.2, -0.15) is 0 Å². The summed E-state index contributed by atoms with van der Waals surface area (Å²) in [6.45, 7) is 4.82. The summed E-state index contributed by atoms with van der Waals surface area (Å²) >= 11 is 0. The Kier molecular flexibility index (Phi) is 39.9. The molecule has 306 valence electrons. The Hall–Kier alpha value is -1.28. The van der Waals surface area contributed by atoms with E-state index in [4.69, 9.17) is 24.3 Å². The number of rotatable bonds is 41. The number of carbonyl (C=O) groups is 1. The standard InChI is InChI=1S/C43H82NO7P/c1-3-5-7-9-11-13-15-17-19-21-22-24-26-28-30-32-34-36-43(45)51-42(41-50-52(46,47)49-39-37-44)40-48-38-35-33-31-29-27-25-23-20-18-16-14-12-10-8-6-4-2/h5,7,11,13,17,19,42H,3-4,6,8-10,12,14-16,18,20-41,44H2,1-2H3,(H,46,47)/b7-5-,13-11-,19-17-. The number of esters is 1. The van der Waals surface area contributed by atoms with Crippen molar-refractivity contribution in [2.24, 2.45) is 5.73 Å². The molecule has 2 unspecified atom stereocenters. The summed E-state index contributed by atoms with van der Waals surface area (Å²) < 4.78 is 33.4. The molecule has 0 aliphatic heterocycles. The minimum absolute atomic E-state index is 0.0967. The van der Waals surface area contributed by atoms with E-state index >= 15 is 0 Å². The lowest BCUT2D eigenvalue weighted by atomic mass is 10.0. The minimum atomic E-state index is -4.28. The van der Waals surface area contributed by atoms with Gasteiger partial charge in [-0.3, -0.25) is 13.8 Å². The molecule has 3 N–H and O–H groups in total. The highest BCUT2D eigenvalue weighted by molar-refractivity contribution is 7.47. The number of ether oxygens (including phenoxy) is 2. The van der Waals surface area contributed by atoms with E-state index in [0.29, 0.717) is 13.0 Å². The third-order valence-electron chi connectivity index (χ3n) is 9.07. The average Bonchev–Trinajstić information content (AvgIpc) is 3.13. The van der Waals surface area contributed by atoms with Crippen molar-refractivity contribution in [1.82, 2.24) is 0 Å². The van der Waals surface area contributed by atoms with Crippen LogP contribution in [-0.2, 0) is 27.9 Å². The zero-order valence-electron chi connectivity index (χ0n) is 33.8. The fourth-order valence-electron chi connectivity index (χ4n) is 5.95. The molecule has 0 spiro atoms. The molecule has 0 heterocycles. The molecule has 0 bridgehead atoms.